The van der Waals surface area contributed by atoms with E-state index < -0.39 is 0 Å². The van der Waals surface area contributed by atoms with E-state index >= 15 is 0 Å². The number of carbonyl (C=O) groups excluding carboxylic acids is 1. The molecule has 0 bridgehead atoms. The van der Waals surface area contributed by atoms with Crippen molar-refractivity contribution in [3.63, 3.8) is 0 Å². The summed E-state index contributed by atoms with van der Waals surface area (Å²) in [5, 5.41) is 0. The summed E-state index contributed by atoms with van der Waals surface area (Å²) < 4.78 is 6.14. The zero-order valence-electron chi connectivity index (χ0n) is 10.0. The zero-order chi connectivity index (χ0) is 13.0. The molecule has 0 saturated carbocycles. The van der Waals surface area contributed by atoms with Crippen LogP contribution < -0.4 is 4.74 Å². The normalized spacial score (nSPS) is 10.1. The van der Waals surface area contributed by atoms with Crippen molar-refractivity contribution in [3.05, 3.63) is 64.1 Å². The van der Waals surface area contributed by atoms with Crippen LogP contribution >= 0.6 is 15.9 Å². The molecule has 0 aliphatic rings. The van der Waals surface area contributed by atoms with E-state index in [0.717, 1.165) is 10.2 Å². The van der Waals surface area contributed by atoms with Crippen molar-refractivity contribution in [2.24, 2.45) is 0 Å². The van der Waals surface area contributed by atoms with Crippen LogP contribution in [0, 0.1) is 0 Å². The highest BCUT2D eigenvalue weighted by Crippen LogP contribution is 2.25. The van der Waals surface area contributed by atoms with Crippen LogP contribution in [-0.4, -0.2) is 12.4 Å². The van der Waals surface area contributed by atoms with E-state index in [0.29, 0.717) is 17.7 Å². The van der Waals surface area contributed by atoms with Crippen LogP contribution in [0.1, 0.15) is 22.8 Å². The van der Waals surface area contributed by atoms with Gasteiger partial charge in [-0.05, 0) is 41.1 Å². The van der Waals surface area contributed by atoms with Gasteiger partial charge in [0, 0.05) is 15.6 Å². The third-order valence-electron chi connectivity index (χ3n) is 2.53. The molecule has 2 aromatic carbocycles. The van der Waals surface area contributed by atoms with E-state index in [1.54, 1.807) is 6.07 Å². The fraction of sp³-hybridized carbons (Fsp3) is 0.133. The van der Waals surface area contributed by atoms with Crippen LogP contribution in [0.3, 0.4) is 0 Å². The molecule has 0 spiro atoms. The first-order valence-corrected chi connectivity index (χ1v) is 6.53. The van der Waals surface area contributed by atoms with Crippen molar-refractivity contribution >= 4 is 21.7 Å². The van der Waals surface area contributed by atoms with Gasteiger partial charge in [-0.3, -0.25) is 4.79 Å². The molecular weight excluding hydrogens is 292 g/mol. The average molecular weight is 305 g/mol. The van der Waals surface area contributed by atoms with Gasteiger partial charge >= 0.3 is 0 Å². The molecule has 0 unspecified atom stereocenters. The molecule has 2 rings (SSSR count). The van der Waals surface area contributed by atoms with Crippen molar-refractivity contribution < 1.29 is 9.53 Å². The molecule has 0 aliphatic heterocycles. The van der Waals surface area contributed by atoms with Crippen molar-refractivity contribution in [2.45, 2.75) is 6.92 Å². The highest BCUT2D eigenvalue weighted by molar-refractivity contribution is 9.10. The number of hydrogen-bond donors (Lipinski definition) is 0. The fourth-order valence-corrected chi connectivity index (χ4v) is 2.22. The predicted octanol–water partition coefficient (Wildman–Crippen LogP) is 4.08. The van der Waals surface area contributed by atoms with Gasteiger partial charge in [0.2, 0.25) is 0 Å². The first-order chi connectivity index (χ1) is 8.72. The Morgan fingerprint density at radius 1 is 1.17 bits per heavy atom. The summed E-state index contributed by atoms with van der Waals surface area (Å²) in [4.78, 5) is 12.3. The highest BCUT2D eigenvalue weighted by Gasteiger charge is 2.12. The Hall–Kier alpha value is -1.61. The minimum atomic E-state index is 0.00511. The lowest BCUT2D eigenvalue weighted by Gasteiger charge is -2.07. The standard InChI is InChI=1S/C15H13BrO2/c1-2-18-12-8-9-13(14(16)10-12)15(17)11-6-4-3-5-7-11/h3-10H,2H2,1H3. The molecule has 2 aromatic rings. The third kappa shape index (κ3) is 2.79. The summed E-state index contributed by atoms with van der Waals surface area (Å²) in [6.45, 7) is 2.54. The zero-order valence-corrected chi connectivity index (χ0v) is 11.6. The monoisotopic (exact) mass is 304 g/mol. The lowest BCUT2D eigenvalue weighted by Crippen LogP contribution is -2.02. The number of carbonyl (C=O) groups is 1. The van der Waals surface area contributed by atoms with Crippen LogP contribution in [0.5, 0.6) is 5.75 Å². The van der Waals surface area contributed by atoms with Gasteiger partial charge in [0.05, 0.1) is 6.61 Å². The van der Waals surface area contributed by atoms with E-state index in [4.69, 9.17) is 4.74 Å². The summed E-state index contributed by atoms with van der Waals surface area (Å²) in [5.74, 6) is 0.763. The minimum absolute atomic E-state index is 0.00511. The Labute approximate surface area is 115 Å². The van der Waals surface area contributed by atoms with Crippen molar-refractivity contribution in [3.8, 4) is 5.75 Å². The SMILES string of the molecule is CCOc1ccc(C(=O)c2ccccc2)c(Br)c1. The quantitative estimate of drug-likeness (QED) is 0.796. The van der Waals surface area contributed by atoms with Crippen LogP contribution in [0.2, 0.25) is 0 Å². The van der Waals surface area contributed by atoms with Gasteiger partial charge in [0.1, 0.15) is 5.75 Å². The molecule has 0 aliphatic carbocycles. The summed E-state index contributed by atoms with van der Waals surface area (Å²) >= 11 is 3.41. The molecule has 2 nitrogen and oxygen atoms in total. The Morgan fingerprint density at radius 2 is 1.89 bits per heavy atom. The Bertz CT molecular complexity index is 550. The summed E-state index contributed by atoms with van der Waals surface area (Å²) in [7, 11) is 0. The molecule has 92 valence electrons. The van der Waals surface area contributed by atoms with Crippen LogP contribution in [0.25, 0.3) is 0 Å². The Kier molecular flexibility index (Phi) is 4.15. The molecular formula is C15H13BrO2. The van der Waals surface area contributed by atoms with Gasteiger partial charge in [-0.1, -0.05) is 30.3 Å². The summed E-state index contributed by atoms with van der Waals surface area (Å²) in [5.41, 5.74) is 1.33. The van der Waals surface area contributed by atoms with Gasteiger partial charge in [-0.2, -0.15) is 0 Å². The Balaban J connectivity index is 2.32. The van der Waals surface area contributed by atoms with E-state index in [9.17, 15) is 4.79 Å². The van der Waals surface area contributed by atoms with E-state index in [1.165, 1.54) is 0 Å². The van der Waals surface area contributed by atoms with Crippen LogP contribution in [-0.2, 0) is 0 Å². The molecule has 0 amide bonds. The van der Waals surface area contributed by atoms with E-state index in [-0.39, 0.29) is 5.78 Å². The van der Waals surface area contributed by atoms with Gasteiger partial charge in [-0.15, -0.1) is 0 Å². The van der Waals surface area contributed by atoms with Crippen molar-refractivity contribution in [1.82, 2.24) is 0 Å². The number of ether oxygens (including phenoxy) is 1. The van der Waals surface area contributed by atoms with Crippen LogP contribution in [0.4, 0.5) is 0 Å². The number of ketones is 1. The summed E-state index contributed by atoms with van der Waals surface area (Å²) in [6, 6.07) is 14.6. The lowest BCUT2D eigenvalue weighted by molar-refractivity contribution is 0.103. The van der Waals surface area contributed by atoms with Crippen molar-refractivity contribution in [1.29, 1.82) is 0 Å². The Morgan fingerprint density at radius 3 is 2.50 bits per heavy atom. The molecule has 0 atom stereocenters. The molecule has 3 heteroatoms. The number of benzene rings is 2. The highest BCUT2D eigenvalue weighted by atomic mass is 79.9. The number of rotatable bonds is 4. The van der Waals surface area contributed by atoms with Crippen LogP contribution in [0.15, 0.2) is 53.0 Å². The summed E-state index contributed by atoms with van der Waals surface area (Å²) in [6.07, 6.45) is 0. The van der Waals surface area contributed by atoms with E-state index in [2.05, 4.69) is 15.9 Å². The molecule has 0 heterocycles. The maximum Gasteiger partial charge on any atom is 0.194 e. The second-order valence-corrected chi connectivity index (χ2v) is 4.62. The second kappa shape index (κ2) is 5.83. The van der Waals surface area contributed by atoms with E-state index in [1.807, 2.05) is 49.4 Å². The number of halogens is 1. The minimum Gasteiger partial charge on any atom is -0.494 e. The topological polar surface area (TPSA) is 26.3 Å². The van der Waals surface area contributed by atoms with Gasteiger partial charge < -0.3 is 4.74 Å². The molecule has 18 heavy (non-hydrogen) atoms. The number of hydrogen-bond acceptors (Lipinski definition) is 2. The lowest BCUT2D eigenvalue weighted by atomic mass is 10.0. The van der Waals surface area contributed by atoms with Gasteiger partial charge in [-0.25, -0.2) is 0 Å². The molecule has 0 N–H and O–H groups in total. The first-order valence-electron chi connectivity index (χ1n) is 5.74. The molecule has 0 radical (unpaired) electrons. The predicted molar refractivity (Wildman–Crippen MR) is 75.2 cm³/mol. The largest absolute Gasteiger partial charge is 0.494 e. The average Bonchev–Trinajstić information content (AvgIpc) is 2.40. The molecule has 0 aromatic heterocycles. The van der Waals surface area contributed by atoms with Gasteiger partial charge in [0.15, 0.2) is 5.78 Å². The van der Waals surface area contributed by atoms with Crippen molar-refractivity contribution in [2.75, 3.05) is 6.61 Å². The maximum atomic E-state index is 12.3. The fourth-order valence-electron chi connectivity index (χ4n) is 1.68. The van der Waals surface area contributed by atoms with Gasteiger partial charge in [0.25, 0.3) is 0 Å². The second-order valence-electron chi connectivity index (χ2n) is 3.77. The molecule has 0 saturated heterocycles. The first kappa shape index (κ1) is 12.8. The smallest absolute Gasteiger partial charge is 0.194 e. The molecule has 0 fully saturated rings. The third-order valence-corrected chi connectivity index (χ3v) is 3.19. The maximum absolute atomic E-state index is 12.3.